The van der Waals surface area contributed by atoms with Gasteiger partial charge in [0.2, 0.25) is 5.91 Å². The minimum Gasteiger partial charge on any atom is -0.496 e. The fourth-order valence-corrected chi connectivity index (χ4v) is 2.64. The molecule has 5 heteroatoms. The smallest absolute Gasteiger partial charge is 0.249 e. The van der Waals surface area contributed by atoms with Crippen LogP contribution in [0.4, 0.5) is 0 Å². The lowest BCUT2D eigenvalue weighted by molar-refractivity contribution is -0.140. The summed E-state index contributed by atoms with van der Waals surface area (Å²) in [6, 6.07) is 7.38. The van der Waals surface area contributed by atoms with Crippen molar-refractivity contribution in [2.75, 3.05) is 13.7 Å². The zero-order valence-electron chi connectivity index (χ0n) is 13.2. The van der Waals surface area contributed by atoms with Crippen LogP contribution in [0.25, 0.3) is 0 Å². The van der Waals surface area contributed by atoms with Crippen LogP contribution in [-0.4, -0.2) is 48.1 Å². The largest absolute Gasteiger partial charge is 0.496 e. The van der Waals surface area contributed by atoms with E-state index in [9.17, 15) is 9.90 Å². The van der Waals surface area contributed by atoms with Crippen molar-refractivity contribution in [3.05, 3.63) is 29.8 Å². The number of rotatable bonds is 7. The normalized spacial score (nSPS) is 21.2. The first kappa shape index (κ1) is 16.5. The molecule has 0 radical (unpaired) electrons. The molecule has 2 rings (SSSR count). The number of nitrogens with zero attached hydrogens (tertiary/aromatic N) is 2. The van der Waals surface area contributed by atoms with Crippen LogP contribution in [0.2, 0.25) is 0 Å². The van der Waals surface area contributed by atoms with Crippen LogP contribution < -0.4 is 4.74 Å². The Hall–Kier alpha value is -1.88. The molecule has 0 saturated carbocycles. The van der Waals surface area contributed by atoms with Crippen LogP contribution in [0.1, 0.15) is 31.7 Å². The third-order valence-corrected chi connectivity index (χ3v) is 3.93. The summed E-state index contributed by atoms with van der Waals surface area (Å²) in [6.45, 7) is 2.54. The van der Waals surface area contributed by atoms with Gasteiger partial charge in [-0.1, -0.05) is 38.0 Å². The van der Waals surface area contributed by atoms with Crippen LogP contribution in [0.5, 0.6) is 5.75 Å². The Morgan fingerprint density at radius 3 is 2.86 bits per heavy atom. The number of carbonyl (C=O) groups excluding carboxylic acids is 1. The molecule has 0 aromatic heterocycles. The molecule has 0 saturated heterocycles. The SMILES string of the molecule is CCCCC1N=CC(O)N(CCc2ccccc2OC)C1=O. The first-order chi connectivity index (χ1) is 10.7. The summed E-state index contributed by atoms with van der Waals surface area (Å²) in [7, 11) is 1.63. The molecule has 0 bridgehead atoms. The van der Waals surface area contributed by atoms with Gasteiger partial charge < -0.3 is 14.7 Å². The zero-order chi connectivity index (χ0) is 15.9. The summed E-state index contributed by atoms with van der Waals surface area (Å²) in [4.78, 5) is 18.1. The number of unbranched alkanes of at least 4 members (excludes halogenated alkanes) is 1. The molecule has 22 heavy (non-hydrogen) atoms. The Bertz CT molecular complexity index is 530. The quantitative estimate of drug-likeness (QED) is 0.838. The fraction of sp³-hybridized carbons (Fsp3) is 0.529. The van der Waals surface area contributed by atoms with E-state index < -0.39 is 6.23 Å². The number of aliphatic hydroxyl groups excluding tert-OH is 1. The topological polar surface area (TPSA) is 62.1 Å². The van der Waals surface area contributed by atoms with E-state index in [0.29, 0.717) is 13.0 Å². The molecular weight excluding hydrogens is 280 g/mol. The van der Waals surface area contributed by atoms with Gasteiger partial charge in [0.1, 0.15) is 11.8 Å². The Labute approximate surface area is 131 Å². The van der Waals surface area contributed by atoms with E-state index in [-0.39, 0.29) is 11.9 Å². The lowest BCUT2D eigenvalue weighted by Gasteiger charge is -2.32. The standard InChI is InChI=1S/C17H24N2O3/c1-3-4-8-14-17(21)19(16(20)12-18-14)11-10-13-7-5-6-9-15(13)22-2/h5-7,9,12,14,16,20H,3-4,8,10-11H2,1-2H3. The predicted molar refractivity (Wildman–Crippen MR) is 86.2 cm³/mol. The third kappa shape index (κ3) is 3.85. The van der Waals surface area contributed by atoms with Crippen molar-refractivity contribution in [3.63, 3.8) is 0 Å². The summed E-state index contributed by atoms with van der Waals surface area (Å²) < 4.78 is 5.32. The molecule has 0 fully saturated rings. The van der Waals surface area contributed by atoms with Crippen molar-refractivity contribution in [2.24, 2.45) is 4.99 Å². The Morgan fingerprint density at radius 1 is 1.36 bits per heavy atom. The zero-order valence-corrected chi connectivity index (χ0v) is 13.2. The van der Waals surface area contributed by atoms with Gasteiger partial charge in [0.25, 0.3) is 0 Å². The van der Waals surface area contributed by atoms with E-state index >= 15 is 0 Å². The number of benzene rings is 1. The molecule has 1 heterocycles. The molecule has 0 spiro atoms. The van der Waals surface area contributed by atoms with Gasteiger partial charge in [0, 0.05) is 12.8 Å². The van der Waals surface area contributed by atoms with Crippen LogP contribution in [0.15, 0.2) is 29.3 Å². The maximum absolute atomic E-state index is 12.4. The van der Waals surface area contributed by atoms with Gasteiger partial charge in [-0.05, 0) is 24.5 Å². The molecule has 0 aliphatic carbocycles. The highest BCUT2D eigenvalue weighted by atomic mass is 16.5. The molecule has 1 aliphatic rings. The second-order valence-electron chi connectivity index (χ2n) is 5.46. The van der Waals surface area contributed by atoms with Gasteiger partial charge in [0.15, 0.2) is 6.23 Å². The van der Waals surface area contributed by atoms with E-state index in [2.05, 4.69) is 11.9 Å². The van der Waals surface area contributed by atoms with Gasteiger partial charge in [-0.15, -0.1) is 0 Å². The fourth-order valence-electron chi connectivity index (χ4n) is 2.64. The number of aliphatic imine (C=N–C) groups is 1. The van der Waals surface area contributed by atoms with Crippen molar-refractivity contribution in [1.82, 2.24) is 4.90 Å². The van der Waals surface area contributed by atoms with Crippen molar-refractivity contribution < 1.29 is 14.6 Å². The van der Waals surface area contributed by atoms with Gasteiger partial charge in [0.05, 0.1) is 7.11 Å². The maximum Gasteiger partial charge on any atom is 0.249 e. The number of hydrogen-bond donors (Lipinski definition) is 1. The van der Waals surface area contributed by atoms with Crippen molar-refractivity contribution in [1.29, 1.82) is 0 Å². The highest BCUT2D eigenvalue weighted by molar-refractivity contribution is 5.89. The number of ether oxygens (including phenoxy) is 1. The Kier molecular flexibility index (Phi) is 5.95. The molecule has 1 aromatic carbocycles. The third-order valence-electron chi connectivity index (χ3n) is 3.93. The van der Waals surface area contributed by atoms with Crippen LogP contribution in [-0.2, 0) is 11.2 Å². The highest BCUT2D eigenvalue weighted by Crippen LogP contribution is 2.20. The molecule has 1 amide bonds. The van der Waals surface area contributed by atoms with Gasteiger partial charge in [-0.2, -0.15) is 0 Å². The predicted octanol–water partition coefficient (Wildman–Crippen LogP) is 2.03. The van der Waals surface area contributed by atoms with Gasteiger partial charge in [-0.3, -0.25) is 9.79 Å². The van der Waals surface area contributed by atoms with Gasteiger partial charge >= 0.3 is 0 Å². The lowest BCUT2D eigenvalue weighted by Crippen LogP contribution is -2.50. The molecule has 120 valence electrons. The van der Waals surface area contributed by atoms with E-state index in [1.807, 2.05) is 24.3 Å². The summed E-state index contributed by atoms with van der Waals surface area (Å²) in [5.74, 6) is 0.719. The summed E-state index contributed by atoms with van der Waals surface area (Å²) >= 11 is 0. The highest BCUT2D eigenvalue weighted by Gasteiger charge is 2.30. The van der Waals surface area contributed by atoms with Crippen LogP contribution in [0, 0.1) is 0 Å². The van der Waals surface area contributed by atoms with E-state index in [1.54, 1.807) is 7.11 Å². The summed E-state index contributed by atoms with van der Waals surface area (Å²) in [5.41, 5.74) is 1.03. The summed E-state index contributed by atoms with van der Waals surface area (Å²) in [6.07, 6.45) is 3.92. The Morgan fingerprint density at radius 2 is 2.14 bits per heavy atom. The van der Waals surface area contributed by atoms with Crippen molar-refractivity contribution in [3.8, 4) is 5.75 Å². The molecule has 1 aromatic rings. The lowest BCUT2D eigenvalue weighted by atomic mass is 10.1. The average Bonchev–Trinajstić information content (AvgIpc) is 2.54. The number of amides is 1. The molecular formula is C17H24N2O3. The molecule has 5 nitrogen and oxygen atoms in total. The van der Waals surface area contributed by atoms with E-state index in [0.717, 1.165) is 30.6 Å². The molecule has 2 atom stereocenters. The first-order valence-corrected chi connectivity index (χ1v) is 7.81. The minimum absolute atomic E-state index is 0.0849. The minimum atomic E-state index is -0.930. The second kappa shape index (κ2) is 7.94. The number of carbonyl (C=O) groups is 1. The monoisotopic (exact) mass is 304 g/mol. The van der Waals surface area contributed by atoms with Crippen molar-refractivity contribution in [2.45, 2.75) is 44.9 Å². The maximum atomic E-state index is 12.4. The second-order valence-corrected chi connectivity index (χ2v) is 5.46. The number of hydrogen-bond acceptors (Lipinski definition) is 4. The average molecular weight is 304 g/mol. The summed E-state index contributed by atoms with van der Waals surface area (Å²) in [5, 5.41) is 10.0. The first-order valence-electron chi connectivity index (χ1n) is 7.81. The van der Waals surface area contributed by atoms with Gasteiger partial charge in [-0.25, -0.2) is 0 Å². The number of methoxy groups -OCH3 is 1. The molecule has 1 aliphatic heterocycles. The van der Waals surface area contributed by atoms with E-state index in [1.165, 1.54) is 11.1 Å². The molecule has 2 unspecified atom stereocenters. The van der Waals surface area contributed by atoms with Crippen LogP contribution >= 0.6 is 0 Å². The van der Waals surface area contributed by atoms with E-state index in [4.69, 9.17) is 4.74 Å². The van der Waals surface area contributed by atoms with Crippen molar-refractivity contribution >= 4 is 12.1 Å². The molecule has 1 N–H and O–H groups in total. The number of para-hydroxylation sites is 1. The number of aliphatic hydroxyl groups is 1. The Balaban J connectivity index is 2.01. The van der Waals surface area contributed by atoms with Crippen LogP contribution in [0.3, 0.4) is 0 Å².